The lowest BCUT2D eigenvalue weighted by atomic mass is 10.1. The summed E-state index contributed by atoms with van der Waals surface area (Å²) in [6.07, 6.45) is 5.09. The topological polar surface area (TPSA) is 80.9 Å². The van der Waals surface area contributed by atoms with E-state index in [0.29, 0.717) is 17.9 Å². The number of nitrogens with one attached hydrogen (secondary N) is 1. The van der Waals surface area contributed by atoms with E-state index in [-0.39, 0.29) is 0 Å². The molecule has 2 aromatic heterocycles. The summed E-state index contributed by atoms with van der Waals surface area (Å²) in [6.45, 7) is 2.62. The first-order valence-electron chi connectivity index (χ1n) is 5.66. The summed E-state index contributed by atoms with van der Waals surface area (Å²) in [5.74, 6) is 0.0252. The molecule has 0 atom stereocenters. The first kappa shape index (κ1) is 12.0. The number of carbonyl (C=O) groups is 1. The second-order valence-electron chi connectivity index (χ2n) is 3.75. The van der Waals surface area contributed by atoms with Crippen molar-refractivity contribution < 1.29 is 4.79 Å². The van der Waals surface area contributed by atoms with Gasteiger partial charge in [0.1, 0.15) is 5.82 Å². The summed E-state index contributed by atoms with van der Waals surface area (Å²) in [5.41, 5.74) is 7.54. The van der Waals surface area contributed by atoms with Gasteiger partial charge in [0.05, 0.1) is 5.56 Å². The number of anilines is 1. The van der Waals surface area contributed by atoms with E-state index < -0.39 is 5.91 Å². The molecule has 0 aromatic carbocycles. The van der Waals surface area contributed by atoms with E-state index >= 15 is 0 Å². The van der Waals surface area contributed by atoms with Crippen molar-refractivity contribution in [3.05, 3.63) is 42.4 Å². The SMILES string of the molecule is CCNc1ncc(-c2ccncc2)cc1C(N)=O. The van der Waals surface area contributed by atoms with Crippen LogP contribution in [0.15, 0.2) is 36.8 Å². The van der Waals surface area contributed by atoms with Gasteiger partial charge in [0.15, 0.2) is 0 Å². The molecule has 0 saturated carbocycles. The van der Waals surface area contributed by atoms with Crippen LogP contribution < -0.4 is 11.1 Å². The van der Waals surface area contributed by atoms with Crippen molar-refractivity contribution in [1.29, 1.82) is 0 Å². The van der Waals surface area contributed by atoms with E-state index in [2.05, 4.69) is 15.3 Å². The molecule has 0 aliphatic carbocycles. The molecule has 3 N–H and O–H groups in total. The van der Waals surface area contributed by atoms with E-state index in [1.807, 2.05) is 19.1 Å². The summed E-state index contributed by atoms with van der Waals surface area (Å²) in [5, 5.41) is 3.01. The predicted octanol–water partition coefficient (Wildman–Crippen LogP) is 1.67. The molecule has 0 radical (unpaired) electrons. The highest BCUT2D eigenvalue weighted by atomic mass is 16.1. The Hall–Kier alpha value is -2.43. The molecular weight excluding hydrogens is 228 g/mol. The third-order valence-electron chi connectivity index (χ3n) is 2.51. The molecule has 0 aliphatic heterocycles. The van der Waals surface area contributed by atoms with Gasteiger partial charge in [-0.25, -0.2) is 4.98 Å². The highest BCUT2D eigenvalue weighted by Gasteiger charge is 2.10. The average molecular weight is 242 g/mol. The van der Waals surface area contributed by atoms with Crippen molar-refractivity contribution in [3.8, 4) is 11.1 Å². The van der Waals surface area contributed by atoms with Crippen molar-refractivity contribution >= 4 is 11.7 Å². The number of aromatic nitrogens is 2. The molecule has 2 heterocycles. The van der Waals surface area contributed by atoms with Crippen LogP contribution >= 0.6 is 0 Å². The zero-order valence-corrected chi connectivity index (χ0v) is 10.1. The predicted molar refractivity (Wildman–Crippen MR) is 70.1 cm³/mol. The molecule has 1 amide bonds. The number of primary amides is 1. The molecule has 5 heteroatoms. The zero-order chi connectivity index (χ0) is 13.0. The Morgan fingerprint density at radius 1 is 1.33 bits per heavy atom. The highest BCUT2D eigenvalue weighted by Crippen LogP contribution is 2.22. The van der Waals surface area contributed by atoms with Gasteiger partial charge >= 0.3 is 0 Å². The van der Waals surface area contributed by atoms with Gasteiger partial charge in [0, 0.05) is 30.7 Å². The Kier molecular flexibility index (Phi) is 3.52. The molecule has 0 aliphatic rings. The van der Waals surface area contributed by atoms with Gasteiger partial charge in [-0.15, -0.1) is 0 Å². The third-order valence-corrected chi connectivity index (χ3v) is 2.51. The molecule has 18 heavy (non-hydrogen) atoms. The van der Waals surface area contributed by atoms with E-state index in [1.54, 1.807) is 24.7 Å². The first-order valence-corrected chi connectivity index (χ1v) is 5.66. The van der Waals surface area contributed by atoms with Crippen LogP contribution in [0.1, 0.15) is 17.3 Å². The molecule has 0 unspecified atom stereocenters. The van der Waals surface area contributed by atoms with Crippen molar-refractivity contribution in [2.24, 2.45) is 5.73 Å². The fourth-order valence-electron chi connectivity index (χ4n) is 1.66. The second-order valence-corrected chi connectivity index (χ2v) is 3.75. The van der Waals surface area contributed by atoms with Gasteiger partial charge in [-0.05, 0) is 30.7 Å². The number of hydrogen-bond acceptors (Lipinski definition) is 4. The molecule has 2 rings (SSSR count). The summed E-state index contributed by atoms with van der Waals surface area (Å²) < 4.78 is 0. The Morgan fingerprint density at radius 2 is 2.06 bits per heavy atom. The Labute approximate surface area is 105 Å². The van der Waals surface area contributed by atoms with E-state index in [0.717, 1.165) is 11.1 Å². The van der Waals surface area contributed by atoms with Crippen LogP contribution in [0.5, 0.6) is 0 Å². The molecule has 0 bridgehead atoms. The number of pyridine rings is 2. The first-order chi connectivity index (χ1) is 8.72. The summed E-state index contributed by atoms with van der Waals surface area (Å²) >= 11 is 0. The molecule has 0 spiro atoms. The van der Waals surface area contributed by atoms with Crippen molar-refractivity contribution in [2.75, 3.05) is 11.9 Å². The molecule has 5 nitrogen and oxygen atoms in total. The monoisotopic (exact) mass is 242 g/mol. The highest BCUT2D eigenvalue weighted by molar-refractivity contribution is 5.98. The van der Waals surface area contributed by atoms with Gasteiger partial charge in [-0.3, -0.25) is 9.78 Å². The molecule has 0 saturated heterocycles. The number of amides is 1. The molecular formula is C13H14N4O. The van der Waals surface area contributed by atoms with Crippen LogP contribution in [-0.4, -0.2) is 22.4 Å². The lowest BCUT2D eigenvalue weighted by molar-refractivity contribution is 0.100. The van der Waals surface area contributed by atoms with Gasteiger partial charge in [-0.2, -0.15) is 0 Å². The number of nitrogens with zero attached hydrogens (tertiary/aromatic N) is 2. The molecule has 0 fully saturated rings. The van der Waals surface area contributed by atoms with E-state index in [4.69, 9.17) is 5.73 Å². The fourth-order valence-corrected chi connectivity index (χ4v) is 1.66. The lowest BCUT2D eigenvalue weighted by Crippen LogP contribution is -2.15. The average Bonchev–Trinajstić information content (AvgIpc) is 2.40. The number of nitrogens with two attached hydrogens (primary N) is 1. The van der Waals surface area contributed by atoms with Crippen LogP contribution in [0.2, 0.25) is 0 Å². The van der Waals surface area contributed by atoms with Crippen LogP contribution in [0, 0.1) is 0 Å². The standard InChI is InChI=1S/C13H14N4O/c1-2-16-13-11(12(14)18)7-10(8-17-13)9-3-5-15-6-4-9/h3-8H,2H2,1H3,(H2,14,18)(H,16,17). The Bertz CT molecular complexity index is 554. The Morgan fingerprint density at radius 3 is 2.67 bits per heavy atom. The fraction of sp³-hybridized carbons (Fsp3) is 0.154. The van der Waals surface area contributed by atoms with Crippen molar-refractivity contribution in [3.63, 3.8) is 0 Å². The van der Waals surface area contributed by atoms with Crippen LogP contribution in [0.4, 0.5) is 5.82 Å². The second kappa shape index (κ2) is 5.27. The van der Waals surface area contributed by atoms with Gasteiger partial charge < -0.3 is 11.1 Å². The molecule has 2 aromatic rings. The quantitative estimate of drug-likeness (QED) is 0.854. The number of carbonyl (C=O) groups excluding carboxylic acids is 1. The molecule has 92 valence electrons. The van der Waals surface area contributed by atoms with Crippen LogP contribution in [-0.2, 0) is 0 Å². The largest absolute Gasteiger partial charge is 0.370 e. The zero-order valence-electron chi connectivity index (χ0n) is 10.1. The maximum absolute atomic E-state index is 11.4. The lowest BCUT2D eigenvalue weighted by Gasteiger charge is -2.09. The Balaban J connectivity index is 2.46. The minimum atomic E-state index is -0.491. The smallest absolute Gasteiger partial charge is 0.252 e. The van der Waals surface area contributed by atoms with Crippen molar-refractivity contribution in [1.82, 2.24) is 9.97 Å². The normalized spacial score (nSPS) is 10.1. The maximum atomic E-state index is 11.4. The van der Waals surface area contributed by atoms with Gasteiger partial charge in [0.25, 0.3) is 5.91 Å². The van der Waals surface area contributed by atoms with E-state index in [9.17, 15) is 4.79 Å². The summed E-state index contributed by atoms with van der Waals surface area (Å²) in [6, 6.07) is 5.45. The van der Waals surface area contributed by atoms with Crippen molar-refractivity contribution in [2.45, 2.75) is 6.92 Å². The maximum Gasteiger partial charge on any atom is 0.252 e. The minimum absolute atomic E-state index is 0.395. The minimum Gasteiger partial charge on any atom is -0.370 e. The third kappa shape index (κ3) is 2.45. The van der Waals surface area contributed by atoms with Crippen LogP contribution in [0.3, 0.4) is 0 Å². The van der Waals surface area contributed by atoms with Crippen LogP contribution in [0.25, 0.3) is 11.1 Å². The van der Waals surface area contributed by atoms with Gasteiger partial charge in [0.2, 0.25) is 0 Å². The summed E-state index contributed by atoms with van der Waals surface area (Å²) in [7, 11) is 0. The number of hydrogen-bond donors (Lipinski definition) is 2. The van der Waals surface area contributed by atoms with Gasteiger partial charge in [-0.1, -0.05) is 0 Å². The summed E-state index contributed by atoms with van der Waals surface area (Å²) in [4.78, 5) is 19.6. The van der Waals surface area contributed by atoms with E-state index in [1.165, 1.54) is 0 Å². The number of rotatable bonds is 4.